The maximum Gasteiger partial charge on any atom is 0.337 e. The zero-order valence-electron chi connectivity index (χ0n) is 26.8. The van der Waals surface area contributed by atoms with Crippen LogP contribution in [0.3, 0.4) is 0 Å². The van der Waals surface area contributed by atoms with Gasteiger partial charge in [0, 0.05) is 11.1 Å². The quantitative estimate of drug-likeness (QED) is 0.0854. The largest absolute Gasteiger partial charge is 0.496 e. The summed E-state index contributed by atoms with van der Waals surface area (Å²) in [5.41, 5.74) is 0.792. The molecular formula is C39H35N2O6P. The van der Waals surface area contributed by atoms with Gasteiger partial charge in [-0.3, -0.25) is 4.79 Å². The Hall–Kier alpha value is -5.72. The Morgan fingerprint density at radius 2 is 1.08 bits per heavy atom. The number of carbonyl (C=O) groups excluding carboxylic acids is 3. The fourth-order valence-corrected chi connectivity index (χ4v) is 10.2. The van der Waals surface area contributed by atoms with Crippen LogP contribution < -0.4 is 20.7 Å². The third-order valence-electron chi connectivity index (χ3n) is 7.80. The van der Waals surface area contributed by atoms with Crippen LogP contribution in [0.15, 0.2) is 151 Å². The summed E-state index contributed by atoms with van der Waals surface area (Å²) < 4.78 is 16.5. The number of ether oxygens (including phenoxy) is 3. The molecule has 0 bridgehead atoms. The normalized spacial score (nSPS) is 11.7. The molecule has 0 N–H and O–H groups in total. The molecule has 48 heavy (non-hydrogen) atoms. The van der Waals surface area contributed by atoms with Gasteiger partial charge < -0.3 is 14.2 Å². The van der Waals surface area contributed by atoms with Gasteiger partial charge in [-0.1, -0.05) is 121 Å². The van der Waals surface area contributed by atoms with Crippen LogP contribution >= 0.6 is 6.89 Å². The molecule has 1 atom stereocenters. The summed E-state index contributed by atoms with van der Waals surface area (Å²) in [5.74, 6) is -1.79. The fourth-order valence-electron chi connectivity index (χ4n) is 5.64. The van der Waals surface area contributed by atoms with Crippen molar-refractivity contribution in [2.75, 3.05) is 21.3 Å². The third kappa shape index (κ3) is 6.70. The number of esters is 2. The summed E-state index contributed by atoms with van der Waals surface area (Å²) in [4.78, 5) is 43.4. The first kappa shape index (κ1) is 33.6. The lowest BCUT2D eigenvalue weighted by Crippen LogP contribution is -2.53. The number of hydrogen-bond donors (Lipinski definition) is 0. The molecule has 1 amide bonds. The number of rotatable bonds is 11. The van der Waals surface area contributed by atoms with Gasteiger partial charge in [-0.25, -0.2) is 14.6 Å². The topological polar surface area (TPSA) is 94.5 Å². The number of hydrazone groups is 1. The van der Waals surface area contributed by atoms with Crippen molar-refractivity contribution in [1.29, 1.82) is 0 Å². The van der Waals surface area contributed by atoms with Crippen molar-refractivity contribution in [2.45, 2.75) is 6.04 Å². The van der Waals surface area contributed by atoms with Gasteiger partial charge in [0.15, 0.2) is 6.04 Å². The van der Waals surface area contributed by atoms with E-state index in [1.165, 1.54) is 27.5 Å². The lowest BCUT2D eigenvalue weighted by molar-refractivity contribution is -0.145. The van der Waals surface area contributed by atoms with Crippen molar-refractivity contribution in [1.82, 2.24) is 5.01 Å². The maximum absolute atomic E-state index is 14.6. The first-order chi connectivity index (χ1) is 23.5. The number of methoxy groups -OCH3 is 3. The summed E-state index contributed by atoms with van der Waals surface area (Å²) in [6, 6.07) is 42.4. The van der Waals surface area contributed by atoms with Crippen molar-refractivity contribution in [3.05, 3.63) is 157 Å². The molecule has 0 saturated heterocycles. The van der Waals surface area contributed by atoms with Crippen molar-refractivity contribution in [3.63, 3.8) is 0 Å². The first-order valence-corrected chi connectivity index (χ1v) is 16.9. The van der Waals surface area contributed by atoms with Gasteiger partial charge in [0.2, 0.25) is 0 Å². The monoisotopic (exact) mass is 658 g/mol. The summed E-state index contributed by atoms with van der Waals surface area (Å²) in [7, 11) is 4.00. The van der Waals surface area contributed by atoms with E-state index in [9.17, 15) is 14.4 Å². The van der Waals surface area contributed by atoms with E-state index in [0.717, 1.165) is 20.9 Å². The average molecular weight is 659 g/mol. The van der Waals surface area contributed by atoms with Crippen LogP contribution in [0.1, 0.15) is 15.9 Å². The second-order valence-corrected chi connectivity index (χ2v) is 13.9. The van der Waals surface area contributed by atoms with Crippen LogP contribution in [0.2, 0.25) is 0 Å². The Bertz CT molecular complexity index is 1850. The summed E-state index contributed by atoms with van der Waals surface area (Å²) in [5, 5.41) is 7.97. The molecule has 0 radical (unpaired) electrons. The Labute approximate surface area is 280 Å². The molecule has 0 aliphatic heterocycles. The Kier molecular flexibility index (Phi) is 11.0. The van der Waals surface area contributed by atoms with Gasteiger partial charge in [-0.15, -0.1) is 0 Å². The van der Waals surface area contributed by atoms with Crippen LogP contribution in [-0.2, 0) is 19.1 Å². The van der Waals surface area contributed by atoms with Gasteiger partial charge in [0.1, 0.15) is 5.75 Å². The van der Waals surface area contributed by atoms with Crippen LogP contribution in [0.25, 0.3) is 0 Å². The van der Waals surface area contributed by atoms with E-state index in [1.807, 2.05) is 97.1 Å². The van der Waals surface area contributed by atoms with Gasteiger partial charge >= 0.3 is 11.9 Å². The molecule has 1 unspecified atom stereocenters. The molecule has 8 nitrogen and oxygen atoms in total. The molecule has 9 heteroatoms. The zero-order valence-corrected chi connectivity index (χ0v) is 27.7. The molecule has 0 aliphatic rings. The minimum atomic E-state index is -3.31. The molecule has 0 spiro atoms. The number of carbonyl (C=O) groups is 3. The standard InChI is InChI=1S/C39H35N2O6P/c1-45-34-27-17-16-20-30(34)28-40-41(37(42)29-18-8-4-9-19-29)35(38(43)46-2)36(39(44)47-3)48(31-21-10-5-11-22-31,32-23-12-6-13-24-32)33-25-14-7-15-26-33/h4-28,35H,1-3H3/b40-28+. The number of para-hydroxylation sites is 1. The Morgan fingerprint density at radius 3 is 1.54 bits per heavy atom. The van der Waals surface area contributed by atoms with E-state index in [-0.39, 0.29) is 10.9 Å². The predicted molar refractivity (Wildman–Crippen MR) is 191 cm³/mol. The van der Waals surface area contributed by atoms with E-state index >= 15 is 0 Å². The summed E-state index contributed by atoms with van der Waals surface area (Å²) >= 11 is 0. The second kappa shape index (κ2) is 15.7. The van der Waals surface area contributed by atoms with Crippen LogP contribution in [0, 0.1) is 0 Å². The molecule has 5 aromatic rings. The van der Waals surface area contributed by atoms with Gasteiger partial charge in [0.25, 0.3) is 5.91 Å². The molecule has 0 heterocycles. The smallest absolute Gasteiger partial charge is 0.337 e. The van der Waals surface area contributed by atoms with Crippen molar-refractivity contribution in [2.24, 2.45) is 5.10 Å². The minimum absolute atomic E-state index is 0.0157. The summed E-state index contributed by atoms with van der Waals surface area (Å²) in [6.07, 6.45) is 1.43. The molecule has 5 aromatic carbocycles. The van der Waals surface area contributed by atoms with Crippen molar-refractivity contribution in [3.8, 4) is 5.75 Å². The van der Waals surface area contributed by atoms with E-state index in [1.54, 1.807) is 48.5 Å². The van der Waals surface area contributed by atoms with E-state index in [4.69, 9.17) is 14.2 Å². The van der Waals surface area contributed by atoms with Gasteiger partial charge in [-0.05, 0) is 47.1 Å². The highest BCUT2D eigenvalue weighted by Gasteiger charge is 2.46. The highest BCUT2D eigenvalue weighted by Crippen LogP contribution is 2.48. The Balaban J connectivity index is 1.98. The van der Waals surface area contributed by atoms with Crippen LogP contribution in [0.5, 0.6) is 5.75 Å². The average Bonchev–Trinajstić information content (AvgIpc) is 3.16. The van der Waals surface area contributed by atoms with Crippen molar-refractivity contribution >= 4 is 52.2 Å². The van der Waals surface area contributed by atoms with Crippen LogP contribution in [-0.4, -0.2) is 61.7 Å². The molecule has 242 valence electrons. The lowest BCUT2D eigenvalue weighted by Gasteiger charge is -2.36. The number of benzene rings is 5. The molecule has 5 rings (SSSR count). The number of nitrogens with zero attached hydrogens (tertiary/aromatic N) is 2. The minimum Gasteiger partial charge on any atom is -0.496 e. The molecule has 0 aliphatic carbocycles. The first-order valence-electron chi connectivity index (χ1n) is 15.1. The second-order valence-electron chi connectivity index (χ2n) is 10.5. The Morgan fingerprint density at radius 1 is 0.625 bits per heavy atom. The van der Waals surface area contributed by atoms with Crippen LogP contribution in [0.4, 0.5) is 0 Å². The highest BCUT2D eigenvalue weighted by molar-refractivity contribution is 7.96. The maximum atomic E-state index is 14.6. The van der Waals surface area contributed by atoms with E-state index < -0.39 is 30.8 Å². The van der Waals surface area contributed by atoms with Gasteiger partial charge in [-0.2, -0.15) is 5.10 Å². The number of amides is 1. The molecule has 0 saturated carbocycles. The molecule has 0 aromatic heterocycles. The third-order valence-corrected chi connectivity index (χ3v) is 12.2. The van der Waals surface area contributed by atoms with Gasteiger partial charge in [0.05, 0.1) is 32.8 Å². The molecular weight excluding hydrogens is 623 g/mol. The van der Waals surface area contributed by atoms with E-state index in [2.05, 4.69) is 5.10 Å². The van der Waals surface area contributed by atoms with E-state index in [0.29, 0.717) is 11.3 Å². The highest BCUT2D eigenvalue weighted by atomic mass is 31.2. The zero-order chi connectivity index (χ0) is 33.9. The summed E-state index contributed by atoms with van der Waals surface area (Å²) in [6.45, 7) is -3.31. The number of hydrogen-bond acceptors (Lipinski definition) is 7. The van der Waals surface area contributed by atoms with Crippen molar-refractivity contribution < 1.29 is 28.6 Å². The predicted octanol–water partition coefficient (Wildman–Crippen LogP) is 5.05. The molecule has 0 fully saturated rings. The SMILES string of the molecule is COC(=O)C(C(C(=O)OC)N(/N=C/c1ccccc1OC)C(=O)c1ccccc1)=P(c1ccccc1)(c1ccccc1)c1ccccc1. The lowest BCUT2D eigenvalue weighted by atomic mass is 10.1. The fraction of sp³-hybridized carbons (Fsp3) is 0.103.